The van der Waals surface area contributed by atoms with E-state index >= 15 is 0 Å². The molecule has 0 N–H and O–H groups in total. The number of hydrogen-bond donors (Lipinski definition) is 0. The number of rotatable bonds is 0. The van der Waals surface area contributed by atoms with Crippen LogP contribution in [-0.4, -0.2) is 59.1 Å². The van der Waals surface area contributed by atoms with Crippen LogP contribution in [0.25, 0.3) is 0 Å². The Balaban J connectivity index is 0. The van der Waals surface area contributed by atoms with E-state index in [9.17, 15) is 0 Å². The Morgan fingerprint density at radius 1 is 0.0588 bits per heavy atom. The van der Waals surface area contributed by atoms with Gasteiger partial charge in [0.1, 0.15) is 0 Å². The van der Waals surface area contributed by atoms with Gasteiger partial charge in [0.25, 0.3) is 0 Å². The van der Waals surface area contributed by atoms with Gasteiger partial charge in [0, 0.05) is 0 Å². The Bertz CT molecular complexity index is 11.0. The molecule has 0 aliphatic carbocycles. The molecule has 0 aromatic heterocycles. The van der Waals surface area contributed by atoms with Gasteiger partial charge in [0.2, 0.25) is 0 Å². The molecule has 0 rings (SSSR count). The molecule has 0 saturated heterocycles. The Labute approximate surface area is 370 Å². The summed E-state index contributed by atoms with van der Waals surface area (Å²) in [7, 11) is 0. The van der Waals surface area contributed by atoms with Crippen LogP contribution < -0.4 is 0 Å². The molecular weight excluding hydrogens is 1040 g/mol. The van der Waals surface area contributed by atoms with Crippen molar-refractivity contribution in [1.82, 2.24) is 0 Å². The van der Waals surface area contributed by atoms with Crippen LogP contribution in [0.1, 0.15) is 0 Å². The molecule has 0 amide bonds. The predicted octanol–water partition coefficient (Wildman–Crippen LogP) is 0.562. The molecule has 0 nitrogen and oxygen atoms in total. The zero-order valence-corrected chi connectivity index (χ0v) is 67.9. The second kappa shape index (κ2) is 448. The Kier molecular flexibility index (Phi) is 6270. The Morgan fingerprint density at radius 3 is 0.0588 bits per heavy atom. The molecule has 0 radical (unpaired) electrons. The van der Waals surface area contributed by atoms with Gasteiger partial charge in [-0.2, -0.15) is 317 Å². The molecule has 260 valence electrons. The van der Waals surface area contributed by atoms with E-state index in [-0.39, 0.29) is 376 Å². The van der Waals surface area contributed by atoms with Gasteiger partial charge in [0.05, 0.1) is 0 Å². The van der Waals surface area contributed by atoms with E-state index in [4.69, 9.17) is 0 Å². The van der Waals surface area contributed by atoms with Gasteiger partial charge >= 0.3 is 59.1 Å². The van der Waals surface area contributed by atoms with Gasteiger partial charge < -0.3 is 0 Å². The van der Waals surface area contributed by atoms with Gasteiger partial charge in [-0.05, 0) is 0 Å². The van der Waals surface area contributed by atoms with Crippen molar-refractivity contribution in [2.45, 2.75) is 0 Å². The van der Waals surface area contributed by atoms with Crippen LogP contribution >= 0.6 is 317 Å². The summed E-state index contributed by atoms with van der Waals surface area (Å²) in [6.45, 7) is 0. The van der Waals surface area contributed by atoms with Gasteiger partial charge in [-0.3, -0.25) is 0 Å². The fraction of sp³-hybridized carbons (Fsp3) is 0. The molecule has 0 aromatic rings. The van der Waals surface area contributed by atoms with Crippen LogP contribution in [0.2, 0.25) is 0 Å². The van der Waals surface area contributed by atoms with Gasteiger partial charge in [-0.15, -0.1) is 0 Å². The molecule has 0 spiro atoms. The van der Waals surface area contributed by atoms with Crippen LogP contribution in [0.15, 0.2) is 0 Å². The fourth-order valence-corrected chi connectivity index (χ4v) is 0. The predicted molar refractivity (Wildman–Crippen MR) is 370 cm³/mol. The first-order chi connectivity index (χ1) is 0. The van der Waals surface area contributed by atoms with Crippen molar-refractivity contribution >= 4 is 376 Å². The fourth-order valence-electron chi connectivity index (χ4n) is 0. The summed E-state index contributed by atoms with van der Waals surface area (Å²) in [6.07, 6.45) is 0. The van der Waals surface area contributed by atoms with Crippen molar-refractivity contribution in [3.63, 3.8) is 0 Å². The molecule has 0 saturated carbocycles. The molecule has 0 aromatic carbocycles. The summed E-state index contributed by atoms with van der Waals surface area (Å²) in [5.41, 5.74) is 0. The average Bonchev–Trinajstić information content (AvgIpc) is 0. The normalized spacial score (nSPS) is 0. The third kappa shape index (κ3) is 420. The zero-order valence-electron chi connectivity index (χ0n) is 22.6. The summed E-state index contributed by atoms with van der Waals surface area (Å²) in [5.74, 6) is 0. The van der Waals surface area contributed by atoms with E-state index < -0.39 is 0 Å². The van der Waals surface area contributed by atoms with Crippen molar-refractivity contribution < 1.29 is 0 Å². The average molecular weight is 1140 g/mol. The summed E-state index contributed by atoms with van der Waals surface area (Å²) < 4.78 is 0. The molecule has 0 bridgehead atoms. The van der Waals surface area contributed by atoms with E-state index in [1.165, 1.54) is 0 Å². The third-order valence-electron chi connectivity index (χ3n) is 0. The SMILES string of the molecule is P.P.P.P.P.P.P.P.P.P.P.P.P.P.P.P.P.P.P.P.P.P.P.P.P.P.P.P.P.P.P.P.[NaH].[NaH]. The standard InChI is InChI=1S/2Na.32H3P.2H/h;;32*1H3;;. The van der Waals surface area contributed by atoms with Crippen LogP contribution in [0.5, 0.6) is 0 Å². The van der Waals surface area contributed by atoms with Crippen LogP contribution in [-0.2, 0) is 0 Å². The van der Waals surface area contributed by atoms with Gasteiger partial charge in [-0.1, -0.05) is 0 Å². The van der Waals surface area contributed by atoms with E-state index in [1.54, 1.807) is 0 Å². The first-order valence-electron chi connectivity index (χ1n) is 0. The molecule has 0 fully saturated rings. The third-order valence-corrected chi connectivity index (χ3v) is 0. The van der Waals surface area contributed by atoms with E-state index in [1.807, 2.05) is 0 Å². The van der Waals surface area contributed by atoms with Gasteiger partial charge in [0.15, 0.2) is 0 Å². The monoisotopic (exact) mass is 1140 g/mol. The molecular formula is H98Na2P32. The maximum absolute atomic E-state index is 0. The molecule has 32 unspecified atom stereocenters. The van der Waals surface area contributed by atoms with Crippen LogP contribution in [0.3, 0.4) is 0 Å². The second-order valence-electron chi connectivity index (χ2n) is 0. The first kappa shape index (κ1) is 476. The van der Waals surface area contributed by atoms with E-state index in [2.05, 4.69) is 0 Å². The molecule has 34 heteroatoms. The minimum atomic E-state index is 0. The number of hydrogen-bond acceptors (Lipinski definition) is 0. The van der Waals surface area contributed by atoms with Crippen molar-refractivity contribution in [3.8, 4) is 0 Å². The molecule has 0 aliphatic rings. The molecule has 0 aliphatic heterocycles. The van der Waals surface area contributed by atoms with E-state index in [0.717, 1.165) is 0 Å². The van der Waals surface area contributed by atoms with E-state index in [0.29, 0.717) is 0 Å². The molecule has 0 heterocycles. The van der Waals surface area contributed by atoms with Crippen molar-refractivity contribution in [1.29, 1.82) is 0 Å². The minimum absolute atomic E-state index is 0. The second-order valence-corrected chi connectivity index (χ2v) is 0. The first-order valence-corrected chi connectivity index (χ1v) is 0. The summed E-state index contributed by atoms with van der Waals surface area (Å²) in [4.78, 5) is 0. The van der Waals surface area contributed by atoms with Crippen molar-refractivity contribution in [2.24, 2.45) is 0 Å². The topological polar surface area (TPSA) is 0 Å². The quantitative estimate of drug-likeness (QED) is 0.246. The van der Waals surface area contributed by atoms with Crippen LogP contribution in [0, 0.1) is 0 Å². The van der Waals surface area contributed by atoms with Crippen LogP contribution in [0.4, 0.5) is 0 Å². The summed E-state index contributed by atoms with van der Waals surface area (Å²) in [5, 5.41) is 0. The summed E-state index contributed by atoms with van der Waals surface area (Å²) in [6, 6.07) is 0. The zero-order chi connectivity index (χ0) is 0. The molecule has 32 atom stereocenters. The Hall–Kier alpha value is 15.8. The Morgan fingerprint density at radius 2 is 0.0588 bits per heavy atom. The maximum atomic E-state index is 0. The summed E-state index contributed by atoms with van der Waals surface area (Å²) >= 11 is 0. The van der Waals surface area contributed by atoms with Crippen molar-refractivity contribution in [3.05, 3.63) is 0 Å². The van der Waals surface area contributed by atoms with Crippen molar-refractivity contribution in [2.75, 3.05) is 0 Å². The molecule has 34 heavy (non-hydrogen) atoms. The van der Waals surface area contributed by atoms with Gasteiger partial charge in [-0.25, -0.2) is 0 Å².